The lowest BCUT2D eigenvalue weighted by Gasteiger charge is -2.18. The van der Waals surface area contributed by atoms with Crippen molar-refractivity contribution < 1.29 is 19.1 Å². The predicted octanol–water partition coefficient (Wildman–Crippen LogP) is 5.33. The molecule has 3 aromatic rings. The third-order valence-corrected chi connectivity index (χ3v) is 5.99. The molecule has 0 saturated heterocycles. The summed E-state index contributed by atoms with van der Waals surface area (Å²) in [5.74, 6) is 0.337. The van der Waals surface area contributed by atoms with E-state index < -0.39 is 5.91 Å². The van der Waals surface area contributed by atoms with E-state index in [1.54, 1.807) is 32.4 Å². The lowest BCUT2D eigenvalue weighted by molar-refractivity contribution is -0.120. The van der Waals surface area contributed by atoms with Gasteiger partial charge in [0.05, 0.1) is 31.2 Å². The molecule has 34 heavy (non-hydrogen) atoms. The van der Waals surface area contributed by atoms with Crippen LogP contribution in [-0.4, -0.2) is 26.0 Å². The maximum absolute atomic E-state index is 13.8. The van der Waals surface area contributed by atoms with Gasteiger partial charge in [-0.25, -0.2) is 4.90 Å². The van der Waals surface area contributed by atoms with Crippen LogP contribution in [0.15, 0.2) is 60.3 Å². The van der Waals surface area contributed by atoms with Crippen LogP contribution in [0.3, 0.4) is 0 Å². The molecule has 1 aliphatic heterocycles. The fourth-order valence-electron chi connectivity index (χ4n) is 4.31. The van der Waals surface area contributed by atoms with E-state index in [1.165, 1.54) is 4.90 Å². The van der Waals surface area contributed by atoms with Gasteiger partial charge in [-0.05, 0) is 62.6 Å². The van der Waals surface area contributed by atoms with Gasteiger partial charge in [0.15, 0.2) is 0 Å². The number of hydrogen-bond donors (Lipinski definition) is 1. The van der Waals surface area contributed by atoms with E-state index in [0.717, 1.165) is 22.3 Å². The van der Waals surface area contributed by atoms with Gasteiger partial charge in [-0.15, -0.1) is 0 Å². The van der Waals surface area contributed by atoms with E-state index in [2.05, 4.69) is 5.32 Å². The molecule has 2 amide bonds. The molecule has 0 unspecified atom stereocenters. The average Bonchev–Trinajstić information content (AvgIpc) is 3.03. The van der Waals surface area contributed by atoms with Crippen LogP contribution in [0.5, 0.6) is 11.5 Å². The van der Waals surface area contributed by atoms with Gasteiger partial charge in [-0.3, -0.25) is 9.59 Å². The van der Waals surface area contributed by atoms with E-state index >= 15 is 0 Å². The van der Waals surface area contributed by atoms with Gasteiger partial charge in [-0.2, -0.15) is 0 Å². The molecule has 0 saturated carbocycles. The second-order valence-electron chi connectivity index (χ2n) is 8.50. The number of nitrogens with zero attached hydrogens (tertiary/aromatic N) is 1. The molecule has 1 heterocycles. The quantitative estimate of drug-likeness (QED) is 0.508. The average molecular weight is 457 g/mol. The van der Waals surface area contributed by atoms with Gasteiger partial charge >= 0.3 is 0 Å². The van der Waals surface area contributed by atoms with Gasteiger partial charge in [0, 0.05) is 6.07 Å². The van der Waals surface area contributed by atoms with Gasteiger partial charge in [0.1, 0.15) is 17.2 Å². The number of amides is 2. The Kier molecular flexibility index (Phi) is 6.16. The molecule has 0 aromatic heterocycles. The van der Waals surface area contributed by atoms with Crippen LogP contribution in [0.4, 0.5) is 11.4 Å². The number of methoxy groups -OCH3 is 2. The van der Waals surface area contributed by atoms with Crippen molar-refractivity contribution in [1.82, 2.24) is 0 Å². The molecule has 0 spiro atoms. The Bertz CT molecular complexity index is 1340. The van der Waals surface area contributed by atoms with E-state index in [1.807, 2.05) is 64.1 Å². The first-order valence-corrected chi connectivity index (χ1v) is 11.0. The fourth-order valence-corrected chi connectivity index (χ4v) is 4.31. The fraction of sp³-hybridized carbons (Fsp3) is 0.214. The monoisotopic (exact) mass is 456 g/mol. The normalized spacial score (nSPS) is 13.5. The molecule has 6 nitrogen and oxygen atoms in total. The summed E-state index contributed by atoms with van der Waals surface area (Å²) in [6.45, 7) is 7.81. The molecule has 0 radical (unpaired) electrons. The molecular weight excluding hydrogens is 428 g/mol. The Hall–Kier alpha value is -4.06. The van der Waals surface area contributed by atoms with Gasteiger partial charge in [-0.1, -0.05) is 41.5 Å². The summed E-state index contributed by atoms with van der Waals surface area (Å²) in [4.78, 5) is 28.9. The van der Waals surface area contributed by atoms with Crippen molar-refractivity contribution in [3.05, 3.63) is 88.1 Å². The number of imide groups is 1. The number of hydrogen-bond acceptors (Lipinski definition) is 5. The van der Waals surface area contributed by atoms with Crippen molar-refractivity contribution in [2.45, 2.75) is 27.7 Å². The maximum Gasteiger partial charge on any atom is 0.282 e. The number of anilines is 2. The van der Waals surface area contributed by atoms with E-state index in [-0.39, 0.29) is 11.6 Å². The smallest absolute Gasteiger partial charge is 0.282 e. The largest absolute Gasteiger partial charge is 0.497 e. The maximum atomic E-state index is 13.8. The summed E-state index contributed by atoms with van der Waals surface area (Å²) in [5, 5.41) is 3.20. The van der Waals surface area contributed by atoms with Crippen LogP contribution >= 0.6 is 0 Å². The van der Waals surface area contributed by atoms with Gasteiger partial charge in [0.25, 0.3) is 11.8 Å². The second kappa shape index (κ2) is 9.06. The summed E-state index contributed by atoms with van der Waals surface area (Å²) >= 11 is 0. The molecule has 0 aliphatic carbocycles. The third-order valence-electron chi connectivity index (χ3n) is 5.99. The van der Waals surface area contributed by atoms with Crippen LogP contribution in [0.25, 0.3) is 5.57 Å². The molecular formula is C28H28N2O4. The van der Waals surface area contributed by atoms with Crippen molar-refractivity contribution in [1.29, 1.82) is 0 Å². The van der Waals surface area contributed by atoms with Crippen molar-refractivity contribution in [3.63, 3.8) is 0 Å². The minimum absolute atomic E-state index is 0.198. The van der Waals surface area contributed by atoms with Crippen molar-refractivity contribution in [2.24, 2.45) is 0 Å². The Balaban J connectivity index is 1.90. The summed E-state index contributed by atoms with van der Waals surface area (Å²) in [5.41, 5.74) is 6.23. The highest BCUT2D eigenvalue weighted by atomic mass is 16.5. The standard InChI is InChI=1S/C28H28N2O4/c1-16-7-10-21(18(3)13-16)25-26(29-22-15-20(33-5)9-12-24(22)34-6)28(32)30(27(25)31)23-11-8-17(2)14-19(23)4/h7-15,29H,1-6H3. The van der Waals surface area contributed by atoms with E-state index in [0.29, 0.717) is 34.0 Å². The number of nitrogens with one attached hydrogen (secondary N) is 1. The second-order valence-corrected chi connectivity index (χ2v) is 8.50. The van der Waals surface area contributed by atoms with Crippen LogP contribution in [-0.2, 0) is 9.59 Å². The zero-order valence-corrected chi connectivity index (χ0v) is 20.3. The molecule has 4 rings (SSSR count). The number of aryl methyl sites for hydroxylation is 4. The summed E-state index contributed by atoms with van der Waals surface area (Å²) in [7, 11) is 3.12. The van der Waals surface area contributed by atoms with Gasteiger partial charge < -0.3 is 14.8 Å². The number of benzene rings is 3. The topological polar surface area (TPSA) is 67.9 Å². The number of ether oxygens (including phenoxy) is 2. The molecule has 0 bridgehead atoms. The molecule has 1 aliphatic rings. The first-order chi connectivity index (χ1) is 16.2. The number of carbonyl (C=O) groups excluding carboxylic acids is 2. The first-order valence-electron chi connectivity index (χ1n) is 11.0. The zero-order chi connectivity index (χ0) is 24.6. The van der Waals surface area contributed by atoms with E-state index in [9.17, 15) is 9.59 Å². The molecule has 3 aromatic carbocycles. The Morgan fingerprint density at radius 3 is 2.03 bits per heavy atom. The summed E-state index contributed by atoms with van der Waals surface area (Å²) in [6, 6.07) is 16.8. The number of carbonyl (C=O) groups is 2. The molecule has 6 heteroatoms. The van der Waals surface area contributed by atoms with Crippen LogP contribution in [0.2, 0.25) is 0 Å². The van der Waals surface area contributed by atoms with Crippen LogP contribution in [0, 0.1) is 27.7 Å². The zero-order valence-electron chi connectivity index (χ0n) is 20.3. The molecule has 0 fully saturated rings. The van der Waals surface area contributed by atoms with Crippen LogP contribution < -0.4 is 19.7 Å². The van der Waals surface area contributed by atoms with Crippen molar-refractivity contribution >= 4 is 28.8 Å². The van der Waals surface area contributed by atoms with E-state index in [4.69, 9.17) is 9.47 Å². The van der Waals surface area contributed by atoms with Crippen LogP contribution in [0.1, 0.15) is 27.8 Å². The molecule has 1 N–H and O–H groups in total. The minimum atomic E-state index is -0.420. The highest BCUT2D eigenvalue weighted by Crippen LogP contribution is 2.38. The summed E-state index contributed by atoms with van der Waals surface area (Å²) in [6.07, 6.45) is 0. The Labute approximate surface area is 199 Å². The van der Waals surface area contributed by atoms with Crippen molar-refractivity contribution in [3.8, 4) is 11.5 Å². The SMILES string of the molecule is COc1ccc(OC)c(NC2=C(c3ccc(C)cc3C)C(=O)N(c3ccc(C)cc3C)C2=O)c1. The summed E-state index contributed by atoms with van der Waals surface area (Å²) < 4.78 is 10.8. The number of rotatable bonds is 6. The minimum Gasteiger partial charge on any atom is -0.497 e. The third kappa shape index (κ3) is 4.03. The Morgan fingerprint density at radius 2 is 1.41 bits per heavy atom. The highest BCUT2D eigenvalue weighted by molar-refractivity contribution is 6.46. The molecule has 0 atom stereocenters. The first kappa shape index (κ1) is 23.1. The molecule has 174 valence electrons. The highest BCUT2D eigenvalue weighted by Gasteiger charge is 2.41. The van der Waals surface area contributed by atoms with Crippen molar-refractivity contribution in [2.75, 3.05) is 24.4 Å². The predicted molar refractivity (Wildman–Crippen MR) is 134 cm³/mol. The lowest BCUT2D eigenvalue weighted by Crippen LogP contribution is -2.33. The van der Waals surface area contributed by atoms with Gasteiger partial charge in [0.2, 0.25) is 0 Å². The lowest BCUT2D eigenvalue weighted by atomic mass is 9.97. The Morgan fingerprint density at radius 1 is 0.735 bits per heavy atom.